The van der Waals surface area contributed by atoms with Gasteiger partial charge in [-0.05, 0) is 28.8 Å². The van der Waals surface area contributed by atoms with Crippen molar-refractivity contribution in [3.8, 4) is 6.07 Å². The van der Waals surface area contributed by atoms with E-state index < -0.39 is 0 Å². The average Bonchev–Trinajstić information content (AvgIpc) is 2.28. The standard InChI is InChI=1S/C13H12N2/c14-9-3-6-12-11-5-2-1-4-10(11)7-8-13(12)15/h1-2,4-5,7-8H,3,6,15H2. The number of anilines is 1. The van der Waals surface area contributed by atoms with Crippen LogP contribution in [-0.2, 0) is 6.42 Å². The molecule has 0 aromatic heterocycles. The molecule has 0 bridgehead atoms. The van der Waals surface area contributed by atoms with Gasteiger partial charge in [0.25, 0.3) is 0 Å². The minimum Gasteiger partial charge on any atom is -0.398 e. The van der Waals surface area contributed by atoms with E-state index in [1.165, 1.54) is 5.39 Å². The van der Waals surface area contributed by atoms with Crippen LogP contribution in [0.2, 0.25) is 0 Å². The lowest BCUT2D eigenvalue weighted by Crippen LogP contribution is -1.95. The summed E-state index contributed by atoms with van der Waals surface area (Å²) in [5.41, 5.74) is 7.79. The molecular weight excluding hydrogens is 184 g/mol. The van der Waals surface area contributed by atoms with Crippen molar-refractivity contribution in [2.24, 2.45) is 0 Å². The van der Waals surface area contributed by atoms with E-state index in [2.05, 4.69) is 18.2 Å². The molecule has 0 unspecified atom stereocenters. The van der Waals surface area contributed by atoms with Crippen LogP contribution in [-0.4, -0.2) is 0 Å². The first-order valence-electron chi connectivity index (χ1n) is 4.96. The zero-order valence-electron chi connectivity index (χ0n) is 8.40. The Morgan fingerprint density at radius 1 is 1.13 bits per heavy atom. The number of nitrogen functional groups attached to an aromatic ring is 1. The highest BCUT2D eigenvalue weighted by Crippen LogP contribution is 2.25. The van der Waals surface area contributed by atoms with E-state index in [9.17, 15) is 0 Å². The molecule has 74 valence electrons. The highest BCUT2D eigenvalue weighted by atomic mass is 14.6. The number of fused-ring (bicyclic) bond motifs is 1. The molecule has 2 N–H and O–H groups in total. The molecule has 0 saturated heterocycles. The van der Waals surface area contributed by atoms with Gasteiger partial charge in [-0.15, -0.1) is 0 Å². The number of nitrogens with two attached hydrogens (primary N) is 1. The normalized spacial score (nSPS) is 10.1. The highest BCUT2D eigenvalue weighted by molar-refractivity contribution is 5.89. The summed E-state index contributed by atoms with van der Waals surface area (Å²) in [5.74, 6) is 0. The Morgan fingerprint density at radius 3 is 2.73 bits per heavy atom. The van der Waals surface area contributed by atoms with Gasteiger partial charge in [-0.25, -0.2) is 0 Å². The number of nitrogens with zero attached hydrogens (tertiary/aromatic N) is 1. The lowest BCUT2D eigenvalue weighted by atomic mass is 9.99. The molecule has 0 fully saturated rings. The molecule has 0 aliphatic heterocycles. The third-order valence-electron chi connectivity index (χ3n) is 2.56. The molecule has 2 nitrogen and oxygen atoms in total. The molecule has 0 atom stereocenters. The van der Waals surface area contributed by atoms with Crippen molar-refractivity contribution < 1.29 is 0 Å². The average molecular weight is 196 g/mol. The molecule has 2 aromatic rings. The molecule has 0 aliphatic rings. The number of benzene rings is 2. The number of hydrogen-bond acceptors (Lipinski definition) is 2. The molecule has 0 radical (unpaired) electrons. The molecular formula is C13H12N2. The van der Waals surface area contributed by atoms with Crippen molar-refractivity contribution in [3.05, 3.63) is 42.0 Å². The first kappa shape index (κ1) is 9.54. The monoisotopic (exact) mass is 196 g/mol. The first-order valence-corrected chi connectivity index (χ1v) is 4.96. The summed E-state index contributed by atoms with van der Waals surface area (Å²) in [5, 5.41) is 10.9. The second kappa shape index (κ2) is 4.02. The van der Waals surface area contributed by atoms with Gasteiger partial charge in [-0.3, -0.25) is 0 Å². The molecule has 2 aromatic carbocycles. The van der Waals surface area contributed by atoms with E-state index in [0.29, 0.717) is 6.42 Å². The van der Waals surface area contributed by atoms with E-state index in [4.69, 9.17) is 11.0 Å². The maximum atomic E-state index is 8.60. The largest absolute Gasteiger partial charge is 0.398 e. The number of aryl methyl sites for hydroxylation is 1. The fourth-order valence-corrected chi connectivity index (χ4v) is 1.81. The Hall–Kier alpha value is -2.01. The topological polar surface area (TPSA) is 49.8 Å². The summed E-state index contributed by atoms with van der Waals surface area (Å²) in [6, 6.07) is 14.2. The van der Waals surface area contributed by atoms with Crippen LogP contribution >= 0.6 is 0 Å². The third-order valence-corrected chi connectivity index (χ3v) is 2.56. The minimum atomic E-state index is 0.512. The van der Waals surface area contributed by atoms with E-state index in [1.54, 1.807) is 0 Å². The summed E-state index contributed by atoms with van der Waals surface area (Å²) in [4.78, 5) is 0. The molecule has 2 rings (SSSR count). The zero-order valence-corrected chi connectivity index (χ0v) is 8.40. The van der Waals surface area contributed by atoms with E-state index >= 15 is 0 Å². The third kappa shape index (κ3) is 1.77. The molecule has 0 aliphatic carbocycles. The van der Waals surface area contributed by atoms with Crippen LogP contribution in [0.4, 0.5) is 5.69 Å². The SMILES string of the molecule is N#CCCc1c(N)ccc2ccccc12. The maximum absolute atomic E-state index is 8.60. The predicted molar refractivity (Wildman–Crippen MR) is 62.3 cm³/mol. The van der Waals surface area contributed by atoms with Crippen LogP contribution in [0.25, 0.3) is 10.8 Å². The Bertz CT molecular complexity index is 524. The Kier molecular flexibility index (Phi) is 2.55. The molecule has 15 heavy (non-hydrogen) atoms. The second-order valence-corrected chi connectivity index (χ2v) is 3.51. The van der Waals surface area contributed by atoms with Crippen molar-refractivity contribution >= 4 is 16.5 Å². The molecule has 0 heterocycles. The van der Waals surface area contributed by atoms with Gasteiger partial charge >= 0.3 is 0 Å². The van der Waals surface area contributed by atoms with Crippen LogP contribution in [0.15, 0.2) is 36.4 Å². The summed E-state index contributed by atoms with van der Waals surface area (Å²) in [6.07, 6.45) is 1.24. The van der Waals surface area contributed by atoms with E-state index in [1.807, 2.05) is 24.3 Å². The van der Waals surface area contributed by atoms with Gasteiger partial charge in [-0.2, -0.15) is 5.26 Å². The van der Waals surface area contributed by atoms with Crippen molar-refractivity contribution in [1.82, 2.24) is 0 Å². The molecule has 2 heteroatoms. The van der Waals surface area contributed by atoms with Crippen LogP contribution in [0.5, 0.6) is 0 Å². The molecule has 0 saturated carbocycles. The number of hydrogen-bond donors (Lipinski definition) is 1. The zero-order chi connectivity index (χ0) is 10.7. The summed E-state index contributed by atoms with van der Waals surface area (Å²) in [6.45, 7) is 0. The van der Waals surface area contributed by atoms with Gasteiger partial charge in [0, 0.05) is 12.1 Å². The number of nitriles is 1. The van der Waals surface area contributed by atoms with Gasteiger partial charge < -0.3 is 5.73 Å². The van der Waals surface area contributed by atoms with Gasteiger partial charge in [0.1, 0.15) is 0 Å². The maximum Gasteiger partial charge on any atom is 0.0625 e. The van der Waals surface area contributed by atoms with Crippen LogP contribution in [0.3, 0.4) is 0 Å². The quantitative estimate of drug-likeness (QED) is 0.751. The lowest BCUT2D eigenvalue weighted by molar-refractivity contribution is 1.03. The van der Waals surface area contributed by atoms with Gasteiger partial charge in [0.2, 0.25) is 0 Å². The van der Waals surface area contributed by atoms with Gasteiger partial charge in [0.15, 0.2) is 0 Å². The predicted octanol–water partition coefficient (Wildman–Crippen LogP) is 2.88. The van der Waals surface area contributed by atoms with Crippen LogP contribution in [0, 0.1) is 11.3 Å². The van der Waals surface area contributed by atoms with Crippen molar-refractivity contribution in [1.29, 1.82) is 5.26 Å². The highest BCUT2D eigenvalue weighted by Gasteiger charge is 2.04. The Morgan fingerprint density at radius 2 is 1.93 bits per heavy atom. The first-order chi connectivity index (χ1) is 7.33. The van der Waals surface area contributed by atoms with Crippen molar-refractivity contribution in [2.45, 2.75) is 12.8 Å². The molecule has 0 spiro atoms. The summed E-state index contributed by atoms with van der Waals surface area (Å²) >= 11 is 0. The summed E-state index contributed by atoms with van der Waals surface area (Å²) < 4.78 is 0. The van der Waals surface area contributed by atoms with E-state index in [0.717, 1.165) is 23.1 Å². The van der Waals surface area contributed by atoms with Crippen LogP contribution < -0.4 is 5.73 Å². The van der Waals surface area contributed by atoms with Gasteiger partial charge in [-0.1, -0.05) is 30.3 Å². The summed E-state index contributed by atoms with van der Waals surface area (Å²) in [7, 11) is 0. The van der Waals surface area contributed by atoms with E-state index in [-0.39, 0.29) is 0 Å². The van der Waals surface area contributed by atoms with Crippen molar-refractivity contribution in [3.63, 3.8) is 0 Å². The van der Waals surface area contributed by atoms with Crippen LogP contribution in [0.1, 0.15) is 12.0 Å². The Labute approximate surface area is 88.9 Å². The fraction of sp³-hybridized carbons (Fsp3) is 0.154. The smallest absolute Gasteiger partial charge is 0.0625 e. The number of rotatable bonds is 2. The molecule has 0 amide bonds. The van der Waals surface area contributed by atoms with Gasteiger partial charge in [0.05, 0.1) is 6.07 Å². The lowest BCUT2D eigenvalue weighted by Gasteiger charge is -2.08. The minimum absolute atomic E-state index is 0.512. The fourth-order valence-electron chi connectivity index (χ4n) is 1.81. The second-order valence-electron chi connectivity index (χ2n) is 3.51. The Balaban J connectivity index is 2.59. The van der Waals surface area contributed by atoms with Crippen molar-refractivity contribution in [2.75, 3.05) is 5.73 Å².